The predicted molar refractivity (Wildman–Crippen MR) is 77.2 cm³/mol. The van der Waals surface area contributed by atoms with Crippen molar-refractivity contribution < 1.29 is 14.3 Å². The van der Waals surface area contributed by atoms with E-state index in [1.165, 1.54) is 18.9 Å². The molecule has 1 unspecified atom stereocenters. The molecule has 1 heterocycles. The van der Waals surface area contributed by atoms with E-state index in [-0.39, 0.29) is 11.9 Å². The van der Waals surface area contributed by atoms with Crippen molar-refractivity contribution in [1.29, 1.82) is 0 Å². The minimum Gasteiger partial charge on any atom is -0.468 e. The monoisotopic (exact) mass is 288 g/mol. The van der Waals surface area contributed by atoms with Gasteiger partial charge in [0, 0.05) is 18.8 Å². The number of carbonyl (C=O) groups excluding carboxylic acids is 2. The van der Waals surface area contributed by atoms with Crippen molar-refractivity contribution in [2.24, 2.45) is 0 Å². The Hall–Kier alpha value is -0.750. The molecule has 0 bridgehead atoms. The Morgan fingerprint density at radius 2 is 2.00 bits per heavy atom. The van der Waals surface area contributed by atoms with Gasteiger partial charge in [0.2, 0.25) is 5.91 Å². The van der Waals surface area contributed by atoms with E-state index in [9.17, 15) is 9.59 Å². The highest BCUT2D eigenvalue weighted by Gasteiger charge is 2.33. The Labute approximate surface area is 119 Å². The second-order valence-electron chi connectivity index (χ2n) is 4.93. The molecule has 1 fully saturated rings. The fourth-order valence-electron chi connectivity index (χ4n) is 2.20. The summed E-state index contributed by atoms with van der Waals surface area (Å²) in [4.78, 5) is 25.6. The van der Waals surface area contributed by atoms with Crippen LogP contribution in [0.25, 0.3) is 0 Å². The van der Waals surface area contributed by atoms with E-state index in [0.717, 1.165) is 25.9 Å². The van der Waals surface area contributed by atoms with Crippen LogP contribution >= 0.6 is 11.8 Å². The topological polar surface area (TPSA) is 58.6 Å². The molecule has 0 radical (unpaired) electrons. The van der Waals surface area contributed by atoms with Gasteiger partial charge in [-0.15, -0.1) is 11.8 Å². The SMILES string of the molecule is CCNC(C)(CSCC(=O)N1CCCC1)C(=O)OC. The number of thioether (sulfide) groups is 1. The first-order chi connectivity index (χ1) is 9.03. The molecule has 0 spiro atoms. The zero-order chi connectivity index (χ0) is 14.3. The van der Waals surface area contributed by atoms with Crippen molar-refractivity contribution in [1.82, 2.24) is 10.2 Å². The number of carbonyl (C=O) groups is 2. The molecule has 0 aromatic carbocycles. The van der Waals surface area contributed by atoms with Gasteiger partial charge in [0.25, 0.3) is 0 Å². The number of likely N-dealkylation sites (N-methyl/N-ethyl adjacent to an activating group) is 1. The molecule has 110 valence electrons. The standard InChI is InChI=1S/C13H24N2O3S/c1-4-14-13(2,12(17)18-3)10-19-9-11(16)15-7-5-6-8-15/h14H,4-10H2,1-3H3. The number of nitrogens with one attached hydrogen (secondary N) is 1. The van der Waals surface area contributed by atoms with Crippen LogP contribution in [0.5, 0.6) is 0 Å². The first-order valence-corrected chi connectivity index (χ1v) is 7.88. The number of rotatable bonds is 7. The van der Waals surface area contributed by atoms with E-state index >= 15 is 0 Å². The number of ether oxygens (including phenoxy) is 1. The normalized spacial score (nSPS) is 18.2. The van der Waals surface area contributed by atoms with Gasteiger partial charge in [-0.2, -0.15) is 0 Å². The van der Waals surface area contributed by atoms with E-state index in [1.807, 2.05) is 18.7 Å². The number of nitrogens with zero attached hydrogens (tertiary/aromatic N) is 1. The highest BCUT2D eigenvalue weighted by Crippen LogP contribution is 2.17. The summed E-state index contributed by atoms with van der Waals surface area (Å²) in [5.41, 5.74) is -0.723. The van der Waals surface area contributed by atoms with Crippen LogP contribution in [0, 0.1) is 0 Å². The first kappa shape index (κ1) is 16.3. The molecule has 5 nitrogen and oxygen atoms in total. The molecule has 1 amide bonds. The molecular weight excluding hydrogens is 264 g/mol. The maximum absolute atomic E-state index is 11.9. The molecule has 19 heavy (non-hydrogen) atoms. The largest absolute Gasteiger partial charge is 0.468 e. The number of esters is 1. The molecule has 6 heteroatoms. The molecule has 1 N–H and O–H groups in total. The van der Waals surface area contributed by atoms with Gasteiger partial charge in [-0.05, 0) is 26.3 Å². The Kier molecular flexibility index (Phi) is 6.65. The first-order valence-electron chi connectivity index (χ1n) is 6.72. The second-order valence-corrected chi connectivity index (χ2v) is 5.92. The summed E-state index contributed by atoms with van der Waals surface area (Å²) in [6.07, 6.45) is 2.21. The van der Waals surface area contributed by atoms with Crippen LogP contribution in [-0.4, -0.2) is 60.6 Å². The van der Waals surface area contributed by atoms with Gasteiger partial charge in [0.05, 0.1) is 12.9 Å². The lowest BCUT2D eigenvalue weighted by Crippen LogP contribution is -2.52. The summed E-state index contributed by atoms with van der Waals surface area (Å²) in [5, 5.41) is 3.13. The number of hydrogen-bond acceptors (Lipinski definition) is 5. The van der Waals surface area contributed by atoms with Gasteiger partial charge in [0.15, 0.2) is 0 Å². The van der Waals surface area contributed by atoms with Crippen molar-refractivity contribution in [3.63, 3.8) is 0 Å². The summed E-state index contributed by atoms with van der Waals surface area (Å²) in [6.45, 7) is 6.20. The second kappa shape index (κ2) is 7.75. The van der Waals surface area contributed by atoms with Crippen molar-refractivity contribution >= 4 is 23.6 Å². The molecule has 1 aliphatic heterocycles. The third kappa shape index (κ3) is 4.69. The lowest BCUT2D eigenvalue weighted by molar-refractivity contribution is -0.146. The predicted octanol–water partition coefficient (Wildman–Crippen LogP) is 0.883. The highest BCUT2D eigenvalue weighted by atomic mass is 32.2. The minimum absolute atomic E-state index is 0.172. The molecular formula is C13H24N2O3S. The van der Waals surface area contributed by atoms with Crippen molar-refractivity contribution in [3.8, 4) is 0 Å². The highest BCUT2D eigenvalue weighted by molar-refractivity contribution is 8.00. The Morgan fingerprint density at radius 1 is 1.37 bits per heavy atom. The quantitative estimate of drug-likeness (QED) is 0.705. The van der Waals surface area contributed by atoms with E-state index in [1.54, 1.807) is 0 Å². The number of methoxy groups -OCH3 is 1. The summed E-state index contributed by atoms with van der Waals surface area (Å²) in [5.74, 6) is 0.854. The van der Waals surface area contributed by atoms with Gasteiger partial charge in [-0.25, -0.2) is 0 Å². The number of likely N-dealkylation sites (tertiary alicyclic amines) is 1. The lowest BCUT2D eigenvalue weighted by atomic mass is 10.1. The van der Waals surface area contributed by atoms with E-state index in [0.29, 0.717) is 18.1 Å². The van der Waals surface area contributed by atoms with Crippen molar-refractivity contribution in [2.75, 3.05) is 38.2 Å². The van der Waals surface area contributed by atoms with Crippen LogP contribution in [0.15, 0.2) is 0 Å². The Balaban J connectivity index is 2.39. The van der Waals surface area contributed by atoms with E-state index < -0.39 is 5.54 Å². The summed E-state index contributed by atoms with van der Waals surface area (Å²) < 4.78 is 4.82. The third-order valence-corrected chi connectivity index (χ3v) is 4.51. The van der Waals surface area contributed by atoms with Crippen LogP contribution in [0.2, 0.25) is 0 Å². The van der Waals surface area contributed by atoms with Gasteiger partial charge < -0.3 is 15.0 Å². The lowest BCUT2D eigenvalue weighted by Gasteiger charge is -2.27. The number of hydrogen-bond donors (Lipinski definition) is 1. The van der Waals surface area contributed by atoms with Crippen molar-refractivity contribution in [2.45, 2.75) is 32.2 Å². The van der Waals surface area contributed by atoms with Gasteiger partial charge >= 0.3 is 5.97 Å². The molecule has 0 aliphatic carbocycles. The zero-order valence-corrected chi connectivity index (χ0v) is 12.8. The van der Waals surface area contributed by atoms with E-state index in [4.69, 9.17) is 4.74 Å². The van der Waals surface area contributed by atoms with Crippen LogP contribution in [0.3, 0.4) is 0 Å². The summed E-state index contributed by atoms with van der Waals surface area (Å²) in [7, 11) is 1.39. The van der Waals surface area contributed by atoms with Crippen LogP contribution in [0.1, 0.15) is 26.7 Å². The summed E-state index contributed by atoms with van der Waals surface area (Å²) in [6, 6.07) is 0. The fourth-order valence-corrected chi connectivity index (χ4v) is 3.29. The molecule has 0 aromatic heterocycles. The van der Waals surface area contributed by atoms with Crippen LogP contribution in [-0.2, 0) is 14.3 Å². The smallest absolute Gasteiger partial charge is 0.326 e. The van der Waals surface area contributed by atoms with Gasteiger partial charge in [0.1, 0.15) is 5.54 Å². The summed E-state index contributed by atoms with van der Waals surface area (Å²) >= 11 is 1.48. The minimum atomic E-state index is -0.723. The average molecular weight is 288 g/mol. The average Bonchev–Trinajstić information content (AvgIpc) is 2.91. The van der Waals surface area contributed by atoms with Gasteiger partial charge in [-0.1, -0.05) is 6.92 Å². The molecule has 1 atom stereocenters. The Morgan fingerprint density at radius 3 is 2.53 bits per heavy atom. The molecule has 1 saturated heterocycles. The zero-order valence-electron chi connectivity index (χ0n) is 12.0. The molecule has 1 rings (SSSR count). The molecule has 0 saturated carbocycles. The van der Waals surface area contributed by atoms with Crippen LogP contribution in [0.4, 0.5) is 0 Å². The van der Waals surface area contributed by atoms with E-state index in [2.05, 4.69) is 5.32 Å². The Bertz CT molecular complexity index is 319. The molecule has 0 aromatic rings. The van der Waals surface area contributed by atoms with Crippen LogP contribution < -0.4 is 5.32 Å². The maximum Gasteiger partial charge on any atom is 0.326 e. The van der Waals surface area contributed by atoms with Crippen molar-refractivity contribution in [3.05, 3.63) is 0 Å². The van der Waals surface area contributed by atoms with Gasteiger partial charge in [-0.3, -0.25) is 9.59 Å². The fraction of sp³-hybridized carbons (Fsp3) is 0.846. The number of amides is 1. The maximum atomic E-state index is 11.9. The molecule has 1 aliphatic rings. The third-order valence-electron chi connectivity index (χ3n) is 3.28.